The molecule has 1 aromatic carbocycles. The number of hydrogen-bond acceptors (Lipinski definition) is 6. The molecule has 3 N–H and O–H groups in total. The molecular formula is C29H38F3N5O5. The fraction of sp³-hybridized carbons (Fsp3) is 0.655. The number of aryl methyl sites for hydroxylation is 1. The third kappa shape index (κ3) is 6.26. The highest BCUT2D eigenvalue weighted by Crippen LogP contribution is 2.52. The maximum Gasteiger partial charge on any atom is 0.490 e. The van der Waals surface area contributed by atoms with E-state index in [0.29, 0.717) is 17.8 Å². The van der Waals surface area contributed by atoms with Gasteiger partial charge in [0.05, 0.1) is 11.0 Å². The van der Waals surface area contributed by atoms with Crippen LogP contribution in [0.4, 0.5) is 13.2 Å². The van der Waals surface area contributed by atoms with Crippen molar-refractivity contribution in [3.63, 3.8) is 0 Å². The second-order valence-electron chi connectivity index (χ2n) is 12.3. The number of carbonyl (C=O) groups excluding carboxylic acids is 2. The fourth-order valence-corrected chi connectivity index (χ4v) is 7.34. The number of fused-ring (bicyclic) bond motifs is 1. The van der Waals surface area contributed by atoms with Crippen molar-refractivity contribution in [3.8, 4) is 0 Å². The standard InChI is InChI=1S/C27H37N5O3.C2HF3O2/c1-30-23-14-20(2-3-21(23)32(26(30)35)22-4-5-24(33)29-25(22)34)19-6-12-31(13-7-19)17-18-15-27(16-18)8-10-28-11-9-27;3-2(4,5)1(6)7/h2-3,14,18-19,22,28H,4-13,15-17H2,1H3,(H,29,33,34);(H,6,7). The van der Waals surface area contributed by atoms with Gasteiger partial charge in [-0.1, -0.05) is 6.07 Å². The van der Waals surface area contributed by atoms with Crippen LogP contribution >= 0.6 is 0 Å². The van der Waals surface area contributed by atoms with Crippen LogP contribution in [-0.4, -0.2) is 75.8 Å². The van der Waals surface area contributed by atoms with Gasteiger partial charge in [-0.2, -0.15) is 13.2 Å². The summed E-state index contributed by atoms with van der Waals surface area (Å²) in [6, 6.07) is 5.65. The predicted octanol–water partition coefficient (Wildman–Crippen LogP) is 2.91. The number of benzene rings is 1. The summed E-state index contributed by atoms with van der Waals surface area (Å²) in [5, 5.41) is 13.0. The average Bonchev–Trinajstić information content (AvgIpc) is 3.18. The van der Waals surface area contributed by atoms with Crippen LogP contribution in [0.15, 0.2) is 23.0 Å². The van der Waals surface area contributed by atoms with Crippen molar-refractivity contribution in [2.45, 2.75) is 69.5 Å². The van der Waals surface area contributed by atoms with Crippen molar-refractivity contribution in [3.05, 3.63) is 34.2 Å². The van der Waals surface area contributed by atoms with Crippen molar-refractivity contribution in [2.24, 2.45) is 18.4 Å². The van der Waals surface area contributed by atoms with Gasteiger partial charge in [-0.25, -0.2) is 9.59 Å². The number of carbonyl (C=O) groups is 3. The normalized spacial score (nSPS) is 23.8. The molecule has 4 aliphatic rings. The molecule has 230 valence electrons. The van der Waals surface area contributed by atoms with Crippen LogP contribution in [0, 0.1) is 11.3 Å². The Hall–Kier alpha value is -3.19. The zero-order valence-electron chi connectivity index (χ0n) is 23.7. The Morgan fingerprint density at radius 1 is 1.05 bits per heavy atom. The second kappa shape index (κ2) is 11.8. The molecule has 1 spiro atoms. The number of nitrogens with one attached hydrogen (secondary N) is 2. The highest BCUT2D eigenvalue weighted by Gasteiger charge is 2.45. The zero-order chi connectivity index (χ0) is 30.2. The van der Waals surface area contributed by atoms with Gasteiger partial charge in [0, 0.05) is 20.0 Å². The molecule has 1 saturated carbocycles. The van der Waals surface area contributed by atoms with E-state index in [1.807, 2.05) is 6.07 Å². The minimum absolute atomic E-state index is 0.200. The number of halogens is 3. The lowest BCUT2D eigenvalue weighted by Gasteiger charge is -2.52. The number of aliphatic carboxylic acids is 1. The third-order valence-corrected chi connectivity index (χ3v) is 9.56. The maximum absolute atomic E-state index is 13.0. The first kappa shape index (κ1) is 30.3. The Morgan fingerprint density at radius 2 is 1.69 bits per heavy atom. The van der Waals surface area contributed by atoms with Crippen molar-refractivity contribution in [1.82, 2.24) is 24.7 Å². The van der Waals surface area contributed by atoms with Crippen molar-refractivity contribution in [1.29, 1.82) is 0 Å². The smallest absolute Gasteiger partial charge is 0.475 e. The summed E-state index contributed by atoms with van der Waals surface area (Å²) < 4.78 is 34.9. The minimum Gasteiger partial charge on any atom is -0.475 e. The van der Waals surface area contributed by atoms with Crippen LogP contribution in [-0.2, 0) is 21.4 Å². The first-order chi connectivity index (χ1) is 19.9. The molecule has 1 atom stereocenters. The van der Waals surface area contributed by atoms with Crippen molar-refractivity contribution in [2.75, 3.05) is 32.7 Å². The van der Waals surface area contributed by atoms with Gasteiger partial charge in [-0.05, 0) is 106 Å². The lowest BCUT2D eigenvalue weighted by molar-refractivity contribution is -0.192. The van der Waals surface area contributed by atoms with Gasteiger partial charge in [0.25, 0.3) is 0 Å². The summed E-state index contributed by atoms with van der Waals surface area (Å²) >= 11 is 0. The number of aromatic nitrogens is 2. The Labute approximate surface area is 241 Å². The molecule has 1 unspecified atom stereocenters. The van der Waals surface area contributed by atoms with Crippen molar-refractivity contribution >= 4 is 28.8 Å². The van der Waals surface area contributed by atoms with Crippen LogP contribution in [0.3, 0.4) is 0 Å². The van der Waals surface area contributed by atoms with E-state index in [4.69, 9.17) is 9.90 Å². The van der Waals surface area contributed by atoms with Gasteiger partial charge in [-0.15, -0.1) is 0 Å². The Kier molecular flexibility index (Phi) is 8.53. The molecule has 2 amide bonds. The molecule has 42 heavy (non-hydrogen) atoms. The monoisotopic (exact) mass is 593 g/mol. The van der Waals surface area contributed by atoms with E-state index in [2.05, 4.69) is 27.7 Å². The topological polar surface area (TPSA) is 126 Å². The van der Waals surface area contributed by atoms with Gasteiger partial charge in [0.1, 0.15) is 6.04 Å². The Morgan fingerprint density at radius 3 is 2.29 bits per heavy atom. The van der Waals surface area contributed by atoms with Crippen LogP contribution in [0.1, 0.15) is 68.9 Å². The fourth-order valence-electron chi connectivity index (χ4n) is 7.34. The number of imide groups is 1. The second-order valence-corrected chi connectivity index (χ2v) is 12.3. The van der Waals surface area contributed by atoms with E-state index in [1.165, 1.54) is 50.9 Å². The zero-order valence-corrected chi connectivity index (χ0v) is 23.7. The number of amides is 2. The molecule has 0 radical (unpaired) electrons. The average molecular weight is 594 g/mol. The van der Waals surface area contributed by atoms with E-state index in [9.17, 15) is 27.6 Å². The number of likely N-dealkylation sites (tertiary alicyclic amines) is 1. The summed E-state index contributed by atoms with van der Waals surface area (Å²) in [7, 11) is 1.77. The number of nitrogens with zero attached hydrogens (tertiary/aromatic N) is 3. The van der Waals surface area contributed by atoms with E-state index in [-0.39, 0.29) is 23.9 Å². The molecule has 10 nitrogen and oxygen atoms in total. The largest absolute Gasteiger partial charge is 0.490 e. The summed E-state index contributed by atoms with van der Waals surface area (Å²) in [6.45, 7) is 5.94. The first-order valence-electron chi connectivity index (χ1n) is 14.6. The highest BCUT2D eigenvalue weighted by atomic mass is 19.4. The number of carboxylic acid groups (broad SMARTS) is 1. The van der Waals surface area contributed by atoms with Crippen LogP contribution in [0.25, 0.3) is 11.0 Å². The molecule has 2 aromatic rings. The van der Waals surface area contributed by atoms with Gasteiger partial charge < -0.3 is 15.3 Å². The van der Waals surface area contributed by atoms with E-state index >= 15 is 0 Å². The molecule has 3 aliphatic heterocycles. The van der Waals surface area contributed by atoms with Gasteiger partial charge in [-0.3, -0.25) is 24.0 Å². The molecule has 4 fully saturated rings. The summed E-state index contributed by atoms with van der Waals surface area (Å²) in [6.07, 6.45) is 3.40. The van der Waals surface area contributed by atoms with Gasteiger partial charge in [0.2, 0.25) is 11.8 Å². The molecule has 13 heteroatoms. The number of carboxylic acids is 1. The third-order valence-electron chi connectivity index (χ3n) is 9.56. The maximum atomic E-state index is 13.0. The minimum atomic E-state index is -5.08. The number of rotatable bonds is 4. The molecule has 6 rings (SSSR count). The quantitative estimate of drug-likeness (QED) is 0.466. The highest BCUT2D eigenvalue weighted by molar-refractivity contribution is 6.00. The van der Waals surface area contributed by atoms with E-state index in [1.54, 1.807) is 16.2 Å². The molecule has 3 saturated heterocycles. The lowest BCUT2D eigenvalue weighted by Crippen LogP contribution is -2.49. The van der Waals surface area contributed by atoms with Gasteiger partial charge >= 0.3 is 17.8 Å². The SMILES string of the molecule is Cn1c(=O)n(C2CCC(=O)NC2=O)c2ccc(C3CCN(CC4CC5(CCNCC5)C4)CC3)cc21.O=C(O)C(F)(F)F. The molecule has 4 heterocycles. The summed E-state index contributed by atoms with van der Waals surface area (Å²) in [5.41, 5.74) is 3.37. The number of imidazole rings is 1. The van der Waals surface area contributed by atoms with Crippen LogP contribution < -0.4 is 16.3 Å². The molecule has 0 bridgehead atoms. The van der Waals surface area contributed by atoms with Crippen molar-refractivity contribution < 1.29 is 32.7 Å². The van der Waals surface area contributed by atoms with E-state index < -0.39 is 18.2 Å². The van der Waals surface area contributed by atoms with Crippen LogP contribution in [0.2, 0.25) is 0 Å². The lowest BCUT2D eigenvalue weighted by atomic mass is 9.57. The summed E-state index contributed by atoms with van der Waals surface area (Å²) in [5.74, 6) is -2.03. The first-order valence-corrected chi connectivity index (χ1v) is 14.6. The van der Waals surface area contributed by atoms with Gasteiger partial charge in [0.15, 0.2) is 0 Å². The number of hydrogen-bond donors (Lipinski definition) is 3. The van der Waals surface area contributed by atoms with E-state index in [0.717, 1.165) is 42.9 Å². The summed E-state index contributed by atoms with van der Waals surface area (Å²) in [4.78, 5) is 48.6. The Balaban J connectivity index is 0.000000451. The number of piperidine rings is 3. The molecule has 1 aromatic heterocycles. The predicted molar refractivity (Wildman–Crippen MR) is 148 cm³/mol. The van der Waals surface area contributed by atoms with Crippen LogP contribution in [0.5, 0.6) is 0 Å². The Bertz CT molecular complexity index is 1390. The molecule has 1 aliphatic carbocycles. The number of alkyl halides is 3. The molecular weight excluding hydrogens is 555 g/mol.